The van der Waals surface area contributed by atoms with Gasteiger partial charge in [0.2, 0.25) is 0 Å². The Morgan fingerprint density at radius 1 is 1.46 bits per heavy atom. The highest BCUT2D eigenvalue weighted by Crippen LogP contribution is 2.28. The van der Waals surface area contributed by atoms with Gasteiger partial charge in [0.1, 0.15) is 0 Å². The number of ether oxygens (including phenoxy) is 1. The Morgan fingerprint density at radius 2 is 2.17 bits per heavy atom. The Bertz CT molecular complexity index is 578. The number of amides is 2. The Kier molecular flexibility index (Phi) is 5.88. The van der Waals surface area contributed by atoms with Gasteiger partial charge in [0, 0.05) is 12.2 Å². The topological polar surface area (TPSA) is 61.8 Å². The second kappa shape index (κ2) is 7.53. The first kappa shape index (κ1) is 18.7. The molecule has 1 atom stereocenters. The van der Waals surface area contributed by atoms with Crippen molar-refractivity contribution in [2.75, 3.05) is 11.9 Å². The van der Waals surface area contributed by atoms with Crippen LogP contribution >= 0.6 is 0 Å². The molecule has 0 aromatic heterocycles. The standard InChI is InChI=1S/C19H30N2O3/c1-13(2)24-12-15-8-6-9-16(14(15)3)20-18(22)21-11-7-10-17(21)19(4,5)23/h6,8-9,13,17,23H,7,10-12H2,1-5H3,(H,20,22). The van der Waals surface area contributed by atoms with Gasteiger partial charge >= 0.3 is 6.03 Å². The molecule has 1 aliphatic rings. The van der Waals surface area contributed by atoms with E-state index in [1.54, 1.807) is 18.7 Å². The van der Waals surface area contributed by atoms with Gasteiger partial charge in [-0.3, -0.25) is 0 Å². The van der Waals surface area contributed by atoms with Gasteiger partial charge in [0.05, 0.1) is 24.4 Å². The van der Waals surface area contributed by atoms with Crippen LogP contribution in [0, 0.1) is 6.92 Å². The van der Waals surface area contributed by atoms with E-state index in [0.29, 0.717) is 13.2 Å². The predicted molar refractivity (Wildman–Crippen MR) is 96.1 cm³/mol. The lowest BCUT2D eigenvalue weighted by molar-refractivity contribution is 0.0117. The van der Waals surface area contributed by atoms with Crippen molar-refractivity contribution in [1.29, 1.82) is 0 Å². The lowest BCUT2D eigenvalue weighted by atomic mass is 9.97. The smallest absolute Gasteiger partial charge is 0.322 e. The summed E-state index contributed by atoms with van der Waals surface area (Å²) in [5, 5.41) is 13.3. The Morgan fingerprint density at radius 3 is 2.79 bits per heavy atom. The van der Waals surface area contributed by atoms with Crippen LogP contribution in [0.25, 0.3) is 0 Å². The molecule has 0 spiro atoms. The fraction of sp³-hybridized carbons (Fsp3) is 0.632. The monoisotopic (exact) mass is 334 g/mol. The van der Waals surface area contributed by atoms with E-state index in [-0.39, 0.29) is 18.2 Å². The van der Waals surface area contributed by atoms with Crippen LogP contribution < -0.4 is 5.32 Å². The van der Waals surface area contributed by atoms with Crippen LogP contribution in [0.15, 0.2) is 18.2 Å². The molecule has 134 valence electrons. The minimum atomic E-state index is -0.893. The lowest BCUT2D eigenvalue weighted by Gasteiger charge is -2.34. The van der Waals surface area contributed by atoms with Gasteiger partial charge in [-0.05, 0) is 64.7 Å². The normalized spacial score (nSPS) is 18.3. The van der Waals surface area contributed by atoms with Gasteiger partial charge in [-0.2, -0.15) is 0 Å². The zero-order chi connectivity index (χ0) is 17.9. The third-order valence-electron chi connectivity index (χ3n) is 4.59. The van der Waals surface area contributed by atoms with Gasteiger partial charge < -0.3 is 20.1 Å². The number of urea groups is 1. The minimum Gasteiger partial charge on any atom is -0.388 e. The maximum Gasteiger partial charge on any atom is 0.322 e. The quantitative estimate of drug-likeness (QED) is 0.863. The van der Waals surface area contributed by atoms with Crippen LogP contribution in [0.5, 0.6) is 0 Å². The Hall–Kier alpha value is -1.59. The molecule has 1 unspecified atom stereocenters. The molecule has 24 heavy (non-hydrogen) atoms. The van der Waals surface area contributed by atoms with Crippen molar-refractivity contribution in [2.24, 2.45) is 0 Å². The van der Waals surface area contributed by atoms with Crippen LogP contribution in [0.1, 0.15) is 51.7 Å². The number of hydrogen-bond donors (Lipinski definition) is 2. The van der Waals surface area contributed by atoms with Crippen LogP contribution in [-0.4, -0.2) is 40.3 Å². The van der Waals surface area contributed by atoms with E-state index in [1.807, 2.05) is 39.0 Å². The molecule has 0 aliphatic carbocycles. The number of hydrogen-bond acceptors (Lipinski definition) is 3. The van der Waals surface area contributed by atoms with E-state index in [1.165, 1.54) is 0 Å². The summed E-state index contributed by atoms with van der Waals surface area (Å²) in [7, 11) is 0. The van der Waals surface area contributed by atoms with Crippen LogP contribution in [0.3, 0.4) is 0 Å². The maximum atomic E-state index is 12.7. The molecular formula is C19H30N2O3. The molecule has 1 aliphatic heterocycles. The molecule has 2 amide bonds. The third-order valence-corrected chi connectivity index (χ3v) is 4.59. The molecule has 2 N–H and O–H groups in total. The molecule has 2 rings (SSSR count). The third kappa shape index (κ3) is 4.48. The highest BCUT2D eigenvalue weighted by Gasteiger charge is 2.38. The summed E-state index contributed by atoms with van der Waals surface area (Å²) in [6.07, 6.45) is 1.92. The Labute approximate surface area is 145 Å². The highest BCUT2D eigenvalue weighted by molar-refractivity contribution is 5.90. The number of benzene rings is 1. The van der Waals surface area contributed by atoms with Gasteiger partial charge in [-0.1, -0.05) is 12.1 Å². The summed E-state index contributed by atoms with van der Waals surface area (Å²) in [5.74, 6) is 0. The van der Waals surface area contributed by atoms with Crippen LogP contribution in [0.4, 0.5) is 10.5 Å². The first-order chi connectivity index (χ1) is 11.2. The maximum absolute atomic E-state index is 12.7. The van der Waals surface area contributed by atoms with E-state index in [2.05, 4.69) is 5.32 Å². The molecule has 1 fully saturated rings. The van der Waals surface area contributed by atoms with Gasteiger partial charge in [0.15, 0.2) is 0 Å². The van der Waals surface area contributed by atoms with E-state index >= 15 is 0 Å². The number of aliphatic hydroxyl groups is 1. The minimum absolute atomic E-state index is 0.148. The number of carbonyl (C=O) groups excluding carboxylic acids is 1. The van der Waals surface area contributed by atoms with Crippen molar-refractivity contribution in [1.82, 2.24) is 4.90 Å². The number of rotatable bonds is 5. The molecule has 1 aromatic carbocycles. The van der Waals surface area contributed by atoms with Crippen molar-refractivity contribution in [2.45, 2.75) is 71.8 Å². The molecule has 5 nitrogen and oxygen atoms in total. The largest absolute Gasteiger partial charge is 0.388 e. The van der Waals surface area contributed by atoms with Gasteiger partial charge in [0.25, 0.3) is 0 Å². The molecule has 0 saturated carbocycles. The van der Waals surface area contributed by atoms with E-state index in [4.69, 9.17) is 4.74 Å². The van der Waals surface area contributed by atoms with E-state index in [0.717, 1.165) is 29.7 Å². The second-order valence-corrected chi connectivity index (χ2v) is 7.38. The van der Waals surface area contributed by atoms with Crippen molar-refractivity contribution >= 4 is 11.7 Å². The summed E-state index contributed by atoms with van der Waals surface area (Å²) in [4.78, 5) is 14.4. The lowest BCUT2D eigenvalue weighted by Crippen LogP contribution is -2.49. The number of likely N-dealkylation sites (tertiary alicyclic amines) is 1. The van der Waals surface area contributed by atoms with Crippen LogP contribution in [0.2, 0.25) is 0 Å². The SMILES string of the molecule is Cc1c(COC(C)C)cccc1NC(=O)N1CCCC1C(C)(C)O. The summed E-state index contributed by atoms with van der Waals surface area (Å²) in [6.45, 7) is 10.7. The zero-order valence-corrected chi connectivity index (χ0v) is 15.4. The zero-order valence-electron chi connectivity index (χ0n) is 15.4. The molecule has 0 bridgehead atoms. The summed E-state index contributed by atoms with van der Waals surface area (Å²) < 4.78 is 5.67. The molecule has 1 saturated heterocycles. The van der Waals surface area contributed by atoms with Crippen molar-refractivity contribution < 1.29 is 14.6 Å². The van der Waals surface area contributed by atoms with E-state index < -0.39 is 5.60 Å². The summed E-state index contributed by atoms with van der Waals surface area (Å²) >= 11 is 0. The first-order valence-electron chi connectivity index (χ1n) is 8.70. The van der Waals surface area contributed by atoms with E-state index in [9.17, 15) is 9.90 Å². The molecular weight excluding hydrogens is 304 g/mol. The fourth-order valence-electron chi connectivity index (χ4n) is 3.16. The van der Waals surface area contributed by atoms with Crippen molar-refractivity contribution in [3.8, 4) is 0 Å². The molecule has 1 aromatic rings. The number of nitrogens with zero attached hydrogens (tertiary/aromatic N) is 1. The summed E-state index contributed by atoms with van der Waals surface area (Å²) in [6, 6.07) is 5.55. The van der Waals surface area contributed by atoms with Crippen LogP contribution in [-0.2, 0) is 11.3 Å². The average Bonchev–Trinajstić information content (AvgIpc) is 2.97. The van der Waals surface area contributed by atoms with Gasteiger partial charge in [-0.15, -0.1) is 0 Å². The Balaban J connectivity index is 2.10. The fourth-order valence-corrected chi connectivity index (χ4v) is 3.16. The first-order valence-corrected chi connectivity index (χ1v) is 8.70. The van der Waals surface area contributed by atoms with Gasteiger partial charge in [-0.25, -0.2) is 4.79 Å². The van der Waals surface area contributed by atoms with Crippen molar-refractivity contribution in [3.05, 3.63) is 29.3 Å². The second-order valence-electron chi connectivity index (χ2n) is 7.38. The molecule has 5 heteroatoms. The number of carbonyl (C=O) groups is 1. The van der Waals surface area contributed by atoms with Crippen molar-refractivity contribution in [3.63, 3.8) is 0 Å². The predicted octanol–water partition coefficient (Wildman–Crippen LogP) is 3.69. The molecule has 1 heterocycles. The summed E-state index contributed by atoms with van der Waals surface area (Å²) in [5.41, 5.74) is 1.99. The highest BCUT2D eigenvalue weighted by atomic mass is 16.5. The number of nitrogens with one attached hydrogen (secondary N) is 1. The number of anilines is 1. The average molecular weight is 334 g/mol. The molecule has 0 radical (unpaired) electrons.